The van der Waals surface area contributed by atoms with Crippen molar-refractivity contribution in [2.75, 3.05) is 12.3 Å². The van der Waals surface area contributed by atoms with Crippen LogP contribution in [0.15, 0.2) is 29.6 Å². The van der Waals surface area contributed by atoms with E-state index in [1.54, 1.807) is 32.2 Å². The van der Waals surface area contributed by atoms with Crippen LogP contribution in [0.25, 0.3) is 0 Å². The molecule has 1 heterocycles. The van der Waals surface area contributed by atoms with Gasteiger partial charge in [-0.3, -0.25) is 4.98 Å². The van der Waals surface area contributed by atoms with E-state index in [4.69, 9.17) is 10.9 Å². The van der Waals surface area contributed by atoms with E-state index in [1.165, 1.54) is 0 Å². The predicted molar refractivity (Wildman–Crippen MR) is 76.9 cm³/mol. The maximum Gasteiger partial charge on any atom is 0.212 e. The van der Waals surface area contributed by atoms with Gasteiger partial charge in [-0.25, -0.2) is 13.1 Å². The van der Waals surface area contributed by atoms with Gasteiger partial charge in [0.05, 0.1) is 5.75 Å². The van der Waals surface area contributed by atoms with Crippen molar-refractivity contribution in [3.05, 3.63) is 30.1 Å². The van der Waals surface area contributed by atoms with Crippen LogP contribution in [0.3, 0.4) is 0 Å². The molecule has 0 saturated heterocycles. The minimum atomic E-state index is -3.44. The van der Waals surface area contributed by atoms with Gasteiger partial charge in [-0.05, 0) is 12.1 Å². The number of sulfonamides is 1. The van der Waals surface area contributed by atoms with Crippen molar-refractivity contribution < 1.29 is 13.6 Å². The molecule has 0 spiro atoms. The van der Waals surface area contributed by atoms with E-state index in [0.29, 0.717) is 12.1 Å². The van der Waals surface area contributed by atoms with Crippen LogP contribution < -0.4 is 10.5 Å². The van der Waals surface area contributed by atoms with E-state index in [9.17, 15) is 8.42 Å². The maximum absolute atomic E-state index is 11.9. The van der Waals surface area contributed by atoms with Gasteiger partial charge in [0.25, 0.3) is 0 Å². The standard InChI is InChI=1S/C12H20N4O3S/c1-12(2,11(13)16-17)9-15-20(18,19)8-6-10-5-3-4-7-14-10/h3-5,7,15,17H,6,8-9H2,1-2H3,(H2,13,16). The van der Waals surface area contributed by atoms with Crippen molar-refractivity contribution in [3.63, 3.8) is 0 Å². The van der Waals surface area contributed by atoms with Gasteiger partial charge >= 0.3 is 0 Å². The lowest BCUT2D eigenvalue weighted by molar-refractivity contribution is 0.307. The molecule has 0 aliphatic carbocycles. The molecule has 1 aromatic heterocycles. The molecule has 0 aliphatic heterocycles. The Bertz CT molecular complexity index is 555. The maximum atomic E-state index is 11.9. The van der Waals surface area contributed by atoms with Crippen molar-refractivity contribution >= 4 is 15.9 Å². The van der Waals surface area contributed by atoms with Gasteiger partial charge in [-0.15, -0.1) is 0 Å². The van der Waals surface area contributed by atoms with Crippen molar-refractivity contribution in [3.8, 4) is 0 Å². The quantitative estimate of drug-likeness (QED) is 0.290. The molecule has 0 saturated carbocycles. The zero-order valence-electron chi connectivity index (χ0n) is 11.6. The monoisotopic (exact) mass is 300 g/mol. The first-order valence-electron chi connectivity index (χ1n) is 6.12. The fraction of sp³-hybridized carbons (Fsp3) is 0.500. The first kappa shape index (κ1) is 16.4. The van der Waals surface area contributed by atoms with E-state index < -0.39 is 15.4 Å². The number of hydrogen-bond donors (Lipinski definition) is 3. The molecule has 7 nitrogen and oxygen atoms in total. The summed E-state index contributed by atoms with van der Waals surface area (Å²) in [7, 11) is -3.44. The highest BCUT2D eigenvalue weighted by Gasteiger charge is 2.25. The molecule has 0 amide bonds. The average molecular weight is 300 g/mol. The molecule has 0 aliphatic rings. The average Bonchev–Trinajstić information content (AvgIpc) is 2.43. The lowest BCUT2D eigenvalue weighted by atomic mass is 9.93. The van der Waals surface area contributed by atoms with Gasteiger partial charge in [0.2, 0.25) is 10.0 Å². The Morgan fingerprint density at radius 3 is 2.75 bits per heavy atom. The molecule has 0 bridgehead atoms. The number of nitrogens with two attached hydrogens (primary N) is 1. The molecular formula is C12H20N4O3S. The summed E-state index contributed by atoms with van der Waals surface area (Å²) >= 11 is 0. The fourth-order valence-corrected chi connectivity index (χ4v) is 2.58. The normalized spacial score (nSPS) is 13.4. The Kier molecular flexibility index (Phi) is 5.46. The summed E-state index contributed by atoms with van der Waals surface area (Å²) in [6, 6.07) is 5.36. The van der Waals surface area contributed by atoms with Crippen molar-refractivity contribution in [2.45, 2.75) is 20.3 Å². The summed E-state index contributed by atoms with van der Waals surface area (Å²) in [6.45, 7) is 3.43. The zero-order chi connectivity index (χ0) is 15.2. The Labute approximate surface area is 118 Å². The molecule has 0 unspecified atom stereocenters. The molecule has 0 atom stereocenters. The first-order valence-corrected chi connectivity index (χ1v) is 7.77. The summed E-state index contributed by atoms with van der Waals surface area (Å²) < 4.78 is 26.2. The van der Waals surface area contributed by atoms with Crippen LogP contribution in [-0.2, 0) is 16.4 Å². The lowest BCUT2D eigenvalue weighted by Crippen LogP contribution is -2.43. The van der Waals surface area contributed by atoms with Gasteiger partial charge in [-0.1, -0.05) is 25.1 Å². The topological polar surface area (TPSA) is 118 Å². The number of pyridine rings is 1. The minimum Gasteiger partial charge on any atom is -0.409 e. The molecular weight excluding hydrogens is 280 g/mol. The Morgan fingerprint density at radius 2 is 2.20 bits per heavy atom. The van der Waals surface area contributed by atoms with Crippen LogP contribution in [0.2, 0.25) is 0 Å². The summed E-state index contributed by atoms with van der Waals surface area (Å²) in [5.74, 6) is -0.0825. The van der Waals surface area contributed by atoms with Crippen LogP contribution in [0.1, 0.15) is 19.5 Å². The largest absolute Gasteiger partial charge is 0.409 e. The van der Waals surface area contributed by atoms with Crippen LogP contribution in [0.4, 0.5) is 0 Å². The summed E-state index contributed by atoms with van der Waals surface area (Å²) in [5, 5.41) is 11.5. The first-order chi connectivity index (χ1) is 9.27. The van der Waals surface area contributed by atoms with Crippen LogP contribution in [0.5, 0.6) is 0 Å². The number of nitrogens with one attached hydrogen (secondary N) is 1. The van der Waals surface area contributed by atoms with Gasteiger partial charge < -0.3 is 10.9 Å². The van der Waals surface area contributed by atoms with E-state index in [-0.39, 0.29) is 18.1 Å². The third-order valence-corrected chi connectivity index (χ3v) is 4.21. The Morgan fingerprint density at radius 1 is 1.50 bits per heavy atom. The lowest BCUT2D eigenvalue weighted by Gasteiger charge is -2.22. The van der Waals surface area contributed by atoms with Gasteiger partial charge in [-0.2, -0.15) is 0 Å². The number of amidine groups is 1. The predicted octanol–water partition coefficient (Wildman–Crippen LogP) is 0.316. The number of aromatic nitrogens is 1. The summed E-state index contributed by atoms with van der Waals surface area (Å²) in [4.78, 5) is 4.07. The van der Waals surface area contributed by atoms with Crippen LogP contribution in [0, 0.1) is 5.41 Å². The zero-order valence-corrected chi connectivity index (χ0v) is 12.4. The number of aryl methyl sites for hydroxylation is 1. The third kappa shape index (κ3) is 5.14. The van der Waals surface area contributed by atoms with Crippen molar-refractivity contribution in [1.29, 1.82) is 0 Å². The fourth-order valence-electron chi connectivity index (χ4n) is 1.37. The second-order valence-corrected chi connectivity index (χ2v) is 7.01. The van der Waals surface area contributed by atoms with Crippen molar-refractivity contribution in [2.24, 2.45) is 16.3 Å². The number of oxime groups is 1. The van der Waals surface area contributed by atoms with Gasteiger partial charge in [0.15, 0.2) is 0 Å². The molecule has 8 heteroatoms. The molecule has 1 aromatic rings. The molecule has 4 N–H and O–H groups in total. The van der Waals surface area contributed by atoms with E-state index >= 15 is 0 Å². The molecule has 0 aromatic carbocycles. The number of nitrogens with zero attached hydrogens (tertiary/aromatic N) is 2. The van der Waals surface area contributed by atoms with Gasteiger partial charge in [0.1, 0.15) is 5.84 Å². The third-order valence-electron chi connectivity index (χ3n) is 2.89. The highest BCUT2D eigenvalue weighted by molar-refractivity contribution is 7.89. The number of rotatable bonds is 7. The van der Waals surface area contributed by atoms with Crippen LogP contribution in [-0.4, -0.2) is 36.7 Å². The molecule has 0 fully saturated rings. The van der Waals surface area contributed by atoms with Crippen molar-refractivity contribution in [1.82, 2.24) is 9.71 Å². The Balaban J connectivity index is 2.54. The Hall–Kier alpha value is -1.67. The molecule has 112 valence electrons. The summed E-state index contributed by atoms with van der Waals surface area (Å²) in [5.41, 5.74) is 5.46. The molecule has 20 heavy (non-hydrogen) atoms. The summed E-state index contributed by atoms with van der Waals surface area (Å²) in [6.07, 6.45) is 1.96. The van der Waals surface area contributed by atoms with Gasteiger partial charge in [0, 0.05) is 30.3 Å². The number of hydrogen-bond acceptors (Lipinski definition) is 5. The van der Waals surface area contributed by atoms with Crippen LogP contribution >= 0.6 is 0 Å². The molecule has 1 rings (SSSR count). The second-order valence-electron chi connectivity index (χ2n) is 5.08. The van der Waals surface area contributed by atoms with E-state index in [1.807, 2.05) is 6.07 Å². The SMILES string of the molecule is CC(C)(CNS(=O)(=O)CCc1ccccn1)/C(N)=N/O. The smallest absolute Gasteiger partial charge is 0.212 e. The van der Waals surface area contributed by atoms with E-state index in [2.05, 4.69) is 14.9 Å². The minimum absolute atomic E-state index is 0.0232. The second kappa shape index (κ2) is 6.67. The van der Waals surface area contributed by atoms with E-state index in [0.717, 1.165) is 0 Å². The highest BCUT2D eigenvalue weighted by Crippen LogP contribution is 2.13. The molecule has 0 radical (unpaired) electrons. The highest BCUT2D eigenvalue weighted by atomic mass is 32.2.